The fourth-order valence-corrected chi connectivity index (χ4v) is 6.10. The van der Waals surface area contributed by atoms with Gasteiger partial charge in [0.25, 0.3) is 0 Å². The molecule has 3 rings (SSSR count). The maximum absolute atomic E-state index is 13.1. The van der Waals surface area contributed by atoms with Crippen LogP contribution >= 0.6 is 0 Å². The molecule has 10 heteroatoms. The van der Waals surface area contributed by atoms with E-state index in [0.717, 1.165) is 17.4 Å². The molecule has 2 aromatic carbocycles. The maximum atomic E-state index is 13.1. The molecule has 1 fully saturated rings. The van der Waals surface area contributed by atoms with Crippen LogP contribution in [-0.4, -0.2) is 53.2 Å². The minimum Gasteiger partial charge on any atom is -0.355 e. The molecule has 1 aliphatic rings. The van der Waals surface area contributed by atoms with Crippen LogP contribution in [0.15, 0.2) is 71.5 Å². The Morgan fingerprint density at radius 3 is 2.37 bits per heavy atom. The van der Waals surface area contributed by atoms with Crippen LogP contribution in [0.4, 0.5) is 0 Å². The van der Waals surface area contributed by atoms with Crippen LogP contribution in [0.5, 0.6) is 0 Å². The molecular weight excluding hydrogens is 486 g/mol. The first-order chi connectivity index (χ1) is 16.5. The van der Waals surface area contributed by atoms with Crippen molar-refractivity contribution in [2.75, 3.05) is 26.2 Å². The third-order valence-electron chi connectivity index (χ3n) is 6.36. The highest BCUT2D eigenvalue weighted by Gasteiger charge is 2.34. The van der Waals surface area contributed by atoms with Crippen LogP contribution in [0, 0.1) is 5.92 Å². The van der Waals surface area contributed by atoms with Gasteiger partial charge in [0.1, 0.15) is 0 Å². The minimum absolute atomic E-state index is 0.114. The fraction of sp³-hybridized carbons (Fsp3) is 0.400. The number of nitrogens with one attached hydrogen (secondary N) is 2. The second-order valence-corrected chi connectivity index (χ2v) is 12.9. The van der Waals surface area contributed by atoms with Crippen molar-refractivity contribution in [1.29, 1.82) is 0 Å². The van der Waals surface area contributed by atoms with E-state index in [9.17, 15) is 21.6 Å². The lowest BCUT2D eigenvalue weighted by atomic mass is 9.83. The molecule has 1 aliphatic heterocycles. The molecule has 8 nitrogen and oxygen atoms in total. The molecule has 1 amide bonds. The summed E-state index contributed by atoms with van der Waals surface area (Å²) in [4.78, 5) is 13.0. The van der Waals surface area contributed by atoms with Crippen molar-refractivity contribution in [2.45, 2.75) is 37.0 Å². The van der Waals surface area contributed by atoms with E-state index in [1.165, 1.54) is 16.4 Å². The average Bonchev–Trinajstić information content (AvgIpc) is 3.34. The zero-order chi connectivity index (χ0) is 25.7. The Kier molecular flexibility index (Phi) is 8.53. The first-order valence-corrected chi connectivity index (χ1v) is 14.5. The van der Waals surface area contributed by atoms with Crippen LogP contribution < -0.4 is 10.0 Å². The highest BCUT2D eigenvalue weighted by molar-refractivity contribution is 7.92. The third kappa shape index (κ3) is 6.78. The SMILES string of the molecule is C=CS(=O)(=O)NCC1CCN(S(=O)(=O)c2ccc(C(C)(C)C(=O)NCCc3ccccc3)cc2)C1. The van der Waals surface area contributed by atoms with Gasteiger partial charge in [0, 0.05) is 31.6 Å². The van der Waals surface area contributed by atoms with Crippen molar-refractivity contribution in [1.82, 2.24) is 14.3 Å². The zero-order valence-corrected chi connectivity index (χ0v) is 21.7. The van der Waals surface area contributed by atoms with Crippen LogP contribution in [0.1, 0.15) is 31.4 Å². The van der Waals surface area contributed by atoms with Gasteiger partial charge in [-0.25, -0.2) is 21.6 Å². The number of rotatable bonds is 11. The molecule has 2 N–H and O–H groups in total. The van der Waals surface area contributed by atoms with Crippen LogP contribution in [0.3, 0.4) is 0 Å². The number of sulfonamides is 2. The topological polar surface area (TPSA) is 113 Å². The van der Waals surface area contributed by atoms with E-state index >= 15 is 0 Å². The molecule has 1 atom stereocenters. The lowest BCUT2D eigenvalue weighted by molar-refractivity contribution is -0.125. The average molecular weight is 520 g/mol. The molecule has 0 bridgehead atoms. The Labute approximate surface area is 208 Å². The number of benzene rings is 2. The Hall–Kier alpha value is -2.53. The van der Waals surface area contributed by atoms with Crippen LogP contribution in [0.25, 0.3) is 0 Å². The maximum Gasteiger partial charge on any atom is 0.243 e. The molecule has 2 aromatic rings. The van der Waals surface area contributed by atoms with Crippen LogP contribution in [-0.2, 0) is 36.7 Å². The van der Waals surface area contributed by atoms with Crippen molar-refractivity contribution < 1.29 is 21.6 Å². The van der Waals surface area contributed by atoms with Gasteiger partial charge >= 0.3 is 0 Å². The van der Waals surface area contributed by atoms with E-state index in [1.54, 1.807) is 12.1 Å². The van der Waals surface area contributed by atoms with Crippen LogP contribution in [0.2, 0.25) is 0 Å². The molecule has 0 spiro atoms. The summed E-state index contributed by atoms with van der Waals surface area (Å²) in [6, 6.07) is 16.3. The summed E-state index contributed by atoms with van der Waals surface area (Å²) >= 11 is 0. The summed E-state index contributed by atoms with van der Waals surface area (Å²) < 4.78 is 53.1. The monoisotopic (exact) mass is 519 g/mol. The molecule has 0 aromatic heterocycles. The Balaban J connectivity index is 1.60. The first-order valence-electron chi connectivity index (χ1n) is 11.5. The highest BCUT2D eigenvalue weighted by atomic mass is 32.2. The van der Waals surface area contributed by atoms with Gasteiger partial charge in [-0.05, 0) is 55.9 Å². The molecular formula is C25H33N3O5S2. The van der Waals surface area contributed by atoms with Gasteiger partial charge in [-0.3, -0.25) is 4.79 Å². The van der Waals surface area contributed by atoms with Gasteiger partial charge in [-0.1, -0.05) is 49.0 Å². The summed E-state index contributed by atoms with van der Waals surface area (Å²) in [5, 5.41) is 3.81. The summed E-state index contributed by atoms with van der Waals surface area (Å²) in [6.45, 7) is 8.10. The van der Waals surface area contributed by atoms with Gasteiger partial charge in [0.15, 0.2) is 0 Å². The normalized spacial score (nSPS) is 17.3. The second-order valence-electron chi connectivity index (χ2n) is 9.22. The van der Waals surface area contributed by atoms with Gasteiger partial charge in [0.2, 0.25) is 26.0 Å². The number of carbonyl (C=O) groups excluding carboxylic acids is 1. The number of amides is 1. The molecule has 1 saturated heterocycles. The largest absolute Gasteiger partial charge is 0.355 e. The zero-order valence-electron chi connectivity index (χ0n) is 20.1. The van der Waals surface area contributed by atoms with Crippen molar-refractivity contribution >= 4 is 26.0 Å². The minimum atomic E-state index is -3.72. The number of hydrogen-bond donors (Lipinski definition) is 2. The summed E-state index contributed by atoms with van der Waals surface area (Å²) in [5.41, 5.74) is 1.02. The molecule has 0 saturated carbocycles. The van der Waals surface area contributed by atoms with E-state index in [1.807, 2.05) is 44.2 Å². The van der Waals surface area contributed by atoms with E-state index in [0.29, 0.717) is 25.1 Å². The predicted molar refractivity (Wildman–Crippen MR) is 137 cm³/mol. The molecule has 35 heavy (non-hydrogen) atoms. The van der Waals surface area contributed by atoms with Crippen molar-refractivity contribution in [3.05, 3.63) is 77.7 Å². The smallest absolute Gasteiger partial charge is 0.243 e. The third-order valence-corrected chi connectivity index (χ3v) is 9.25. The molecule has 0 radical (unpaired) electrons. The van der Waals surface area contributed by atoms with Crippen molar-refractivity contribution in [3.8, 4) is 0 Å². The van der Waals surface area contributed by atoms with Gasteiger partial charge in [-0.2, -0.15) is 4.31 Å². The van der Waals surface area contributed by atoms with E-state index in [-0.39, 0.29) is 29.8 Å². The van der Waals surface area contributed by atoms with E-state index < -0.39 is 25.5 Å². The second kappa shape index (κ2) is 11.0. The highest BCUT2D eigenvalue weighted by Crippen LogP contribution is 2.28. The molecule has 190 valence electrons. The van der Waals surface area contributed by atoms with Gasteiger partial charge < -0.3 is 5.32 Å². The Morgan fingerprint density at radius 1 is 1.09 bits per heavy atom. The summed E-state index contributed by atoms with van der Waals surface area (Å²) in [5.74, 6) is -0.245. The Bertz CT molecular complexity index is 1240. The molecule has 0 aliphatic carbocycles. The number of hydrogen-bond acceptors (Lipinski definition) is 5. The van der Waals surface area contributed by atoms with Crippen molar-refractivity contribution in [2.24, 2.45) is 5.92 Å². The number of nitrogens with zero attached hydrogens (tertiary/aromatic N) is 1. The molecule has 1 heterocycles. The Morgan fingerprint density at radius 2 is 1.74 bits per heavy atom. The summed E-state index contributed by atoms with van der Waals surface area (Å²) in [7, 11) is -7.27. The molecule has 1 unspecified atom stereocenters. The lowest BCUT2D eigenvalue weighted by Crippen LogP contribution is -2.41. The predicted octanol–water partition coefficient (Wildman–Crippen LogP) is 2.40. The number of carbonyl (C=O) groups is 1. The van der Waals surface area contributed by atoms with Gasteiger partial charge in [-0.15, -0.1) is 0 Å². The summed E-state index contributed by atoms with van der Waals surface area (Å²) in [6.07, 6.45) is 1.29. The lowest BCUT2D eigenvalue weighted by Gasteiger charge is -2.25. The standard InChI is InChI=1S/C25H33N3O5S2/c1-4-34(30,31)27-18-21-15-17-28(19-21)35(32,33)23-12-10-22(11-13-23)25(2,3)24(29)26-16-14-20-8-6-5-7-9-20/h4-13,21,27H,1,14-19H2,2-3H3,(H,26,29). The first kappa shape index (κ1) is 27.1. The van der Waals surface area contributed by atoms with Gasteiger partial charge in [0.05, 0.1) is 10.3 Å². The van der Waals surface area contributed by atoms with Crippen molar-refractivity contribution in [3.63, 3.8) is 0 Å². The fourth-order valence-electron chi connectivity index (χ4n) is 3.98. The van der Waals surface area contributed by atoms with E-state index in [2.05, 4.69) is 16.6 Å². The quantitative estimate of drug-likeness (QED) is 0.473. The van der Waals surface area contributed by atoms with E-state index in [4.69, 9.17) is 0 Å².